The van der Waals surface area contributed by atoms with Gasteiger partial charge >= 0.3 is 0 Å². The van der Waals surface area contributed by atoms with Gasteiger partial charge < -0.3 is 4.52 Å². The molecule has 2 aromatic heterocycles. The van der Waals surface area contributed by atoms with Crippen molar-refractivity contribution in [2.45, 2.75) is 0 Å². The van der Waals surface area contributed by atoms with E-state index in [1.165, 1.54) is 17.7 Å². The Morgan fingerprint density at radius 3 is 3.00 bits per heavy atom. The van der Waals surface area contributed by atoms with Crippen molar-refractivity contribution in [3.05, 3.63) is 17.6 Å². The first-order valence-corrected chi connectivity index (χ1v) is 3.89. The highest BCUT2D eigenvalue weighted by Gasteiger charge is 2.06. The first kappa shape index (κ1) is 7.11. The van der Waals surface area contributed by atoms with E-state index in [9.17, 15) is 4.79 Å². The van der Waals surface area contributed by atoms with E-state index in [0.717, 1.165) is 4.88 Å². The minimum absolute atomic E-state index is 0.412. The highest BCUT2D eigenvalue weighted by Crippen LogP contribution is 2.21. The molecule has 2 aromatic rings. The Morgan fingerprint density at radius 1 is 1.50 bits per heavy atom. The topological polar surface area (TPSA) is 68.9 Å². The lowest BCUT2D eigenvalue weighted by Crippen LogP contribution is -1.71. The number of rotatable bonds is 2. The number of thiazole rings is 1. The number of nitrogens with zero attached hydrogens (tertiary/aromatic N) is 3. The van der Waals surface area contributed by atoms with Crippen molar-refractivity contribution in [1.82, 2.24) is 15.1 Å². The molecule has 2 rings (SSSR count). The zero-order valence-electron chi connectivity index (χ0n) is 5.80. The average molecular weight is 181 g/mol. The van der Waals surface area contributed by atoms with Crippen molar-refractivity contribution >= 4 is 17.6 Å². The van der Waals surface area contributed by atoms with Crippen molar-refractivity contribution in [2.75, 3.05) is 0 Å². The zero-order chi connectivity index (χ0) is 8.39. The van der Waals surface area contributed by atoms with Crippen LogP contribution in [0.2, 0.25) is 0 Å². The van der Waals surface area contributed by atoms with Crippen LogP contribution in [0, 0.1) is 0 Å². The van der Waals surface area contributed by atoms with Gasteiger partial charge in [0.15, 0.2) is 11.3 Å². The summed E-state index contributed by atoms with van der Waals surface area (Å²) in [6, 6.07) is 0. The minimum Gasteiger partial charge on any atom is -0.342 e. The third kappa shape index (κ3) is 1.12. The predicted octanol–water partition coefficient (Wildman–Crippen LogP) is 1.01. The molecule has 0 saturated carbocycles. The van der Waals surface area contributed by atoms with E-state index in [2.05, 4.69) is 19.6 Å². The highest BCUT2D eigenvalue weighted by atomic mass is 32.1. The van der Waals surface area contributed by atoms with E-state index in [-0.39, 0.29) is 0 Å². The quantitative estimate of drug-likeness (QED) is 0.646. The molecule has 6 heteroatoms. The van der Waals surface area contributed by atoms with Crippen LogP contribution in [0.15, 0.2) is 17.1 Å². The Bertz CT molecular complexity index is 381. The Morgan fingerprint density at radius 2 is 2.42 bits per heavy atom. The maximum absolute atomic E-state index is 10.3. The lowest BCUT2D eigenvalue weighted by molar-refractivity contribution is 0.112. The molecule has 0 fully saturated rings. The molecule has 0 N–H and O–H groups in total. The van der Waals surface area contributed by atoms with Gasteiger partial charge in [0.2, 0.25) is 12.2 Å². The van der Waals surface area contributed by atoms with Gasteiger partial charge in [0.05, 0.1) is 4.88 Å². The fourth-order valence-electron chi connectivity index (χ4n) is 0.725. The van der Waals surface area contributed by atoms with Gasteiger partial charge in [-0.3, -0.25) is 4.79 Å². The Labute approximate surface area is 71.1 Å². The standard InChI is InChI=1S/C6H3N3O2S/c10-2-5-7-1-4(12-5)6-8-3-11-9-6/h1-3H. The van der Waals surface area contributed by atoms with Crippen molar-refractivity contribution in [3.8, 4) is 10.7 Å². The molecule has 60 valence electrons. The Kier molecular flexibility index (Phi) is 1.67. The molecule has 0 unspecified atom stereocenters. The molecule has 0 saturated heterocycles. The maximum Gasteiger partial charge on any atom is 0.214 e. The molecule has 0 amide bonds. The van der Waals surface area contributed by atoms with Crippen molar-refractivity contribution in [3.63, 3.8) is 0 Å². The Balaban J connectivity index is 2.41. The van der Waals surface area contributed by atoms with Gasteiger partial charge in [0.1, 0.15) is 0 Å². The summed E-state index contributed by atoms with van der Waals surface area (Å²) in [5.41, 5.74) is 0. The van der Waals surface area contributed by atoms with Crippen LogP contribution in [-0.2, 0) is 0 Å². The zero-order valence-corrected chi connectivity index (χ0v) is 6.61. The van der Waals surface area contributed by atoms with Gasteiger partial charge in [-0.1, -0.05) is 5.16 Å². The number of hydrogen-bond donors (Lipinski definition) is 0. The van der Waals surface area contributed by atoms with Crippen LogP contribution in [0.5, 0.6) is 0 Å². The van der Waals surface area contributed by atoms with Gasteiger partial charge in [-0.2, -0.15) is 4.98 Å². The highest BCUT2D eigenvalue weighted by molar-refractivity contribution is 7.16. The van der Waals surface area contributed by atoms with Crippen LogP contribution in [0.25, 0.3) is 10.7 Å². The van der Waals surface area contributed by atoms with E-state index in [4.69, 9.17) is 0 Å². The molecule has 12 heavy (non-hydrogen) atoms. The smallest absolute Gasteiger partial charge is 0.214 e. The SMILES string of the molecule is O=Cc1ncc(-c2ncon2)s1. The fourth-order valence-corrected chi connectivity index (χ4v) is 1.39. The van der Waals surface area contributed by atoms with Gasteiger partial charge in [0, 0.05) is 6.20 Å². The van der Waals surface area contributed by atoms with Crippen molar-refractivity contribution in [1.29, 1.82) is 0 Å². The second-order valence-corrected chi connectivity index (χ2v) is 3.00. The number of carbonyl (C=O) groups is 1. The number of hydrogen-bond acceptors (Lipinski definition) is 6. The normalized spacial score (nSPS) is 10.0. The molecule has 0 radical (unpaired) electrons. The number of aldehydes is 1. The fraction of sp³-hybridized carbons (Fsp3) is 0. The van der Waals surface area contributed by atoms with E-state index in [1.807, 2.05) is 0 Å². The summed E-state index contributed by atoms with van der Waals surface area (Å²) in [4.78, 5) is 18.6. The maximum atomic E-state index is 10.3. The second kappa shape index (κ2) is 2.82. The lowest BCUT2D eigenvalue weighted by atomic mass is 10.5. The molecule has 2 heterocycles. The van der Waals surface area contributed by atoms with E-state index in [1.54, 1.807) is 6.20 Å². The Hall–Kier alpha value is -1.56. The van der Waals surface area contributed by atoms with Gasteiger partial charge in [-0.15, -0.1) is 11.3 Å². The van der Waals surface area contributed by atoms with Crippen LogP contribution in [-0.4, -0.2) is 21.4 Å². The lowest BCUT2D eigenvalue weighted by Gasteiger charge is -1.79. The number of aromatic nitrogens is 3. The molecule has 0 aliphatic heterocycles. The summed E-state index contributed by atoms with van der Waals surface area (Å²) in [7, 11) is 0. The molecule has 0 atom stereocenters. The van der Waals surface area contributed by atoms with Crippen LogP contribution in [0.1, 0.15) is 9.80 Å². The van der Waals surface area contributed by atoms with Crippen LogP contribution in [0.3, 0.4) is 0 Å². The average Bonchev–Trinajstić information content (AvgIpc) is 2.75. The molecule has 5 nitrogen and oxygen atoms in total. The first-order chi connectivity index (χ1) is 5.90. The van der Waals surface area contributed by atoms with E-state index in [0.29, 0.717) is 17.1 Å². The molecular formula is C6H3N3O2S. The van der Waals surface area contributed by atoms with Crippen LogP contribution >= 0.6 is 11.3 Å². The molecule has 0 aromatic carbocycles. The molecular weight excluding hydrogens is 178 g/mol. The third-order valence-electron chi connectivity index (χ3n) is 1.21. The van der Waals surface area contributed by atoms with Gasteiger partial charge in [0.25, 0.3) is 0 Å². The summed E-state index contributed by atoms with van der Waals surface area (Å²) < 4.78 is 4.54. The largest absolute Gasteiger partial charge is 0.342 e. The van der Waals surface area contributed by atoms with Gasteiger partial charge in [-0.25, -0.2) is 4.98 Å². The second-order valence-electron chi connectivity index (χ2n) is 1.94. The molecule has 0 bridgehead atoms. The van der Waals surface area contributed by atoms with Crippen LogP contribution in [0.4, 0.5) is 0 Å². The number of carbonyl (C=O) groups excluding carboxylic acids is 1. The van der Waals surface area contributed by atoms with Gasteiger partial charge in [-0.05, 0) is 0 Å². The summed E-state index contributed by atoms with van der Waals surface area (Å²) >= 11 is 1.23. The minimum atomic E-state index is 0.412. The molecule has 0 spiro atoms. The van der Waals surface area contributed by atoms with E-state index >= 15 is 0 Å². The molecule has 0 aliphatic rings. The summed E-state index contributed by atoms with van der Waals surface area (Å²) in [6.07, 6.45) is 3.46. The molecule has 0 aliphatic carbocycles. The monoisotopic (exact) mass is 181 g/mol. The predicted molar refractivity (Wildman–Crippen MR) is 40.8 cm³/mol. The summed E-state index contributed by atoms with van der Waals surface area (Å²) in [6.45, 7) is 0. The van der Waals surface area contributed by atoms with Crippen molar-refractivity contribution < 1.29 is 9.32 Å². The third-order valence-corrected chi connectivity index (χ3v) is 2.12. The van der Waals surface area contributed by atoms with Crippen molar-refractivity contribution in [2.24, 2.45) is 0 Å². The summed E-state index contributed by atoms with van der Waals surface area (Å²) in [5, 5.41) is 4.01. The van der Waals surface area contributed by atoms with E-state index < -0.39 is 0 Å². The van der Waals surface area contributed by atoms with Crippen LogP contribution < -0.4 is 0 Å². The first-order valence-electron chi connectivity index (χ1n) is 3.08. The summed E-state index contributed by atoms with van der Waals surface area (Å²) in [5.74, 6) is 0.459.